The third-order valence-corrected chi connectivity index (χ3v) is 4.85. The van der Waals surface area contributed by atoms with Crippen LogP contribution in [0.5, 0.6) is 5.75 Å². The molecule has 0 saturated heterocycles. The Hall–Kier alpha value is -1.45. The van der Waals surface area contributed by atoms with E-state index in [0.29, 0.717) is 6.04 Å². The first-order valence-electron chi connectivity index (χ1n) is 7.15. The van der Waals surface area contributed by atoms with Crippen LogP contribution in [-0.4, -0.2) is 19.9 Å². The van der Waals surface area contributed by atoms with E-state index >= 15 is 0 Å². The summed E-state index contributed by atoms with van der Waals surface area (Å²) in [5.74, 6) is 1.90. The Labute approximate surface area is 131 Å². The average molecular weight is 301 g/mol. The second kappa shape index (κ2) is 7.53. The van der Waals surface area contributed by atoms with Gasteiger partial charge in [-0.3, -0.25) is 0 Å². The summed E-state index contributed by atoms with van der Waals surface area (Å²) >= 11 is 1.89. The second-order valence-electron chi connectivity index (χ2n) is 5.17. The fourth-order valence-corrected chi connectivity index (χ4v) is 3.31. The van der Waals surface area contributed by atoms with Gasteiger partial charge in [-0.2, -0.15) is 0 Å². The molecule has 0 bridgehead atoms. The molecule has 3 heteroatoms. The molecule has 0 aromatic heterocycles. The van der Waals surface area contributed by atoms with Gasteiger partial charge in [0.25, 0.3) is 0 Å². The zero-order chi connectivity index (χ0) is 15.2. The van der Waals surface area contributed by atoms with Crippen molar-refractivity contribution in [2.24, 2.45) is 0 Å². The van der Waals surface area contributed by atoms with Crippen molar-refractivity contribution in [3.63, 3.8) is 0 Å². The SMILES string of the molecule is CNC(CSc1ccc(C)c(C)c1)c1ccc(OC)cc1. The van der Waals surface area contributed by atoms with E-state index in [0.717, 1.165) is 11.5 Å². The van der Waals surface area contributed by atoms with E-state index in [1.807, 2.05) is 30.9 Å². The Bertz CT molecular complexity index is 580. The molecule has 0 aliphatic rings. The molecule has 2 aromatic carbocycles. The fraction of sp³-hybridized carbons (Fsp3) is 0.333. The number of ether oxygens (including phenoxy) is 1. The van der Waals surface area contributed by atoms with Crippen molar-refractivity contribution in [1.82, 2.24) is 5.32 Å². The summed E-state index contributed by atoms with van der Waals surface area (Å²) in [6.45, 7) is 4.32. The van der Waals surface area contributed by atoms with Gasteiger partial charge in [-0.05, 0) is 61.9 Å². The minimum Gasteiger partial charge on any atom is -0.497 e. The Kier molecular flexibility index (Phi) is 5.71. The zero-order valence-corrected chi connectivity index (χ0v) is 14.0. The van der Waals surface area contributed by atoms with E-state index < -0.39 is 0 Å². The highest BCUT2D eigenvalue weighted by atomic mass is 32.2. The Morgan fingerprint density at radius 2 is 1.76 bits per heavy atom. The van der Waals surface area contributed by atoms with Crippen molar-refractivity contribution in [2.75, 3.05) is 19.9 Å². The summed E-state index contributed by atoms with van der Waals surface area (Å²) in [5.41, 5.74) is 3.99. The van der Waals surface area contributed by atoms with Crippen molar-refractivity contribution in [3.05, 3.63) is 59.2 Å². The third kappa shape index (κ3) is 4.26. The van der Waals surface area contributed by atoms with Crippen LogP contribution in [0.1, 0.15) is 22.7 Å². The largest absolute Gasteiger partial charge is 0.497 e. The molecule has 21 heavy (non-hydrogen) atoms. The predicted molar refractivity (Wildman–Crippen MR) is 91.4 cm³/mol. The van der Waals surface area contributed by atoms with E-state index in [2.05, 4.69) is 49.5 Å². The van der Waals surface area contributed by atoms with Crippen LogP contribution >= 0.6 is 11.8 Å². The van der Waals surface area contributed by atoms with Gasteiger partial charge in [0.1, 0.15) is 5.75 Å². The van der Waals surface area contributed by atoms with Gasteiger partial charge in [-0.25, -0.2) is 0 Å². The lowest BCUT2D eigenvalue weighted by atomic mass is 10.1. The molecular weight excluding hydrogens is 278 g/mol. The van der Waals surface area contributed by atoms with Crippen molar-refractivity contribution >= 4 is 11.8 Å². The van der Waals surface area contributed by atoms with Crippen LogP contribution in [0.25, 0.3) is 0 Å². The number of nitrogens with one attached hydrogen (secondary N) is 1. The van der Waals surface area contributed by atoms with E-state index in [1.54, 1.807) is 7.11 Å². The number of benzene rings is 2. The molecule has 1 atom stereocenters. The smallest absolute Gasteiger partial charge is 0.118 e. The molecule has 112 valence electrons. The maximum absolute atomic E-state index is 5.21. The lowest BCUT2D eigenvalue weighted by molar-refractivity contribution is 0.414. The predicted octanol–water partition coefficient (Wildman–Crippen LogP) is 4.36. The van der Waals surface area contributed by atoms with E-state index in [9.17, 15) is 0 Å². The maximum Gasteiger partial charge on any atom is 0.118 e. The molecule has 0 aliphatic carbocycles. The molecule has 0 saturated carbocycles. The summed E-state index contributed by atoms with van der Waals surface area (Å²) < 4.78 is 5.21. The first-order valence-corrected chi connectivity index (χ1v) is 8.14. The van der Waals surface area contributed by atoms with Crippen LogP contribution in [0.15, 0.2) is 47.4 Å². The molecule has 2 nitrogen and oxygen atoms in total. The standard InChI is InChI=1S/C18H23NOS/c1-13-5-10-17(11-14(13)2)21-12-18(19-3)15-6-8-16(20-4)9-7-15/h5-11,18-19H,12H2,1-4H3. The van der Waals surface area contributed by atoms with Gasteiger partial charge < -0.3 is 10.1 Å². The summed E-state index contributed by atoms with van der Waals surface area (Å²) in [4.78, 5) is 1.33. The summed E-state index contributed by atoms with van der Waals surface area (Å²) in [6, 6.07) is 15.3. The van der Waals surface area contributed by atoms with E-state index in [4.69, 9.17) is 4.74 Å². The van der Waals surface area contributed by atoms with E-state index in [1.165, 1.54) is 21.6 Å². The number of thioether (sulfide) groups is 1. The molecule has 0 fully saturated rings. The number of rotatable bonds is 6. The van der Waals surface area contributed by atoms with Crippen molar-refractivity contribution < 1.29 is 4.74 Å². The number of methoxy groups -OCH3 is 1. The van der Waals surface area contributed by atoms with Crippen LogP contribution in [0.2, 0.25) is 0 Å². The number of hydrogen-bond donors (Lipinski definition) is 1. The van der Waals surface area contributed by atoms with Crippen LogP contribution < -0.4 is 10.1 Å². The molecule has 0 spiro atoms. The van der Waals surface area contributed by atoms with Gasteiger partial charge >= 0.3 is 0 Å². The molecule has 0 heterocycles. The Balaban J connectivity index is 2.02. The van der Waals surface area contributed by atoms with Crippen molar-refractivity contribution in [1.29, 1.82) is 0 Å². The van der Waals surface area contributed by atoms with Crippen LogP contribution in [0, 0.1) is 13.8 Å². The maximum atomic E-state index is 5.21. The molecule has 0 amide bonds. The monoisotopic (exact) mass is 301 g/mol. The Morgan fingerprint density at radius 3 is 2.33 bits per heavy atom. The van der Waals surface area contributed by atoms with Crippen molar-refractivity contribution in [2.45, 2.75) is 24.8 Å². The zero-order valence-electron chi connectivity index (χ0n) is 13.1. The minimum absolute atomic E-state index is 0.336. The van der Waals surface area contributed by atoms with Crippen LogP contribution in [0.4, 0.5) is 0 Å². The highest BCUT2D eigenvalue weighted by molar-refractivity contribution is 7.99. The van der Waals surface area contributed by atoms with Crippen molar-refractivity contribution in [3.8, 4) is 5.75 Å². The average Bonchev–Trinajstić information content (AvgIpc) is 2.52. The first-order chi connectivity index (χ1) is 10.1. The van der Waals surface area contributed by atoms with Gasteiger partial charge in [-0.15, -0.1) is 11.8 Å². The topological polar surface area (TPSA) is 21.3 Å². The van der Waals surface area contributed by atoms with E-state index in [-0.39, 0.29) is 0 Å². The van der Waals surface area contributed by atoms with Gasteiger partial charge in [0.05, 0.1) is 7.11 Å². The van der Waals surface area contributed by atoms with Crippen LogP contribution in [0.3, 0.4) is 0 Å². The summed E-state index contributed by atoms with van der Waals surface area (Å²) in [6.07, 6.45) is 0. The molecule has 2 rings (SSSR count). The quantitative estimate of drug-likeness (QED) is 0.801. The van der Waals surface area contributed by atoms with Gasteiger partial charge in [0.15, 0.2) is 0 Å². The molecule has 2 aromatic rings. The number of aryl methyl sites for hydroxylation is 2. The molecule has 1 N–H and O–H groups in total. The molecule has 0 radical (unpaired) electrons. The number of hydrogen-bond acceptors (Lipinski definition) is 3. The minimum atomic E-state index is 0.336. The highest BCUT2D eigenvalue weighted by Gasteiger charge is 2.10. The highest BCUT2D eigenvalue weighted by Crippen LogP contribution is 2.27. The fourth-order valence-electron chi connectivity index (χ4n) is 2.17. The molecule has 1 unspecified atom stereocenters. The van der Waals surface area contributed by atoms with Gasteiger partial charge in [0, 0.05) is 16.7 Å². The lowest BCUT2D eigenvalue weighted by Gasteiger charge is -2.17. The summed E-state index contributed by atoms with van der Waals surface area (Å²) in [5, 5.41) is 3.39. The van der Waals surface area contributed by atoms with Gasteiger partial charge in [0.2, 0.25) is 0 Å². The lowest BCUT2D eigenvalue weighted by Crippen LogP contribution is -2.18. The van der Waals surface area contributed by atoms with Gasteiger partial charge in [-0.1, -0.05) is 18.2 Å². The normalized spacial score (nSPS) is 12.2. The Morgan fingerprint density at radius 1 is 1.05 bits per heavy atom. The molecule has 0 aliphatic heterocycles. The summed E-state index contributed by atoms with van der Waals surface area (Å²) in [7, 11) is 3.70. The first kappa shape index (κ1) is 15.9. The second-order valence-corrected chi connectivity index (χ2v) is 6.26. The van der Waals surface area contributed by atoms with Crippen LogP contribution in [-0.2, 0) is 0 Å². The third-order valence-electron chi connectivity index (χ3n) is 3.76. The molecular formula is C18H23NOS.